The van der Waals surface area contributed by atoms with E-state index in [-0.39, 0.29) is 40.3 Å². The van der Waals surface area contributed by atoms with Crippen molar-refractivity contribution in [2.24, 2.45) is 0 Å². The molecule has 0 unspecified atom stereocenters. The maximum atomic E-state index is 12.6. The Labute approximate surface area is 191 Å². The summed E-state index contributed by atoms with van der Waals surface area (Å²) in [5, 5.41) is 2.99. The molecule has 0 aliphatic carbocycles. The average molecular weight is 477 g/mol. The minimum atomic E-state index is -0.604. The summed E-state index contributed by atoms with van der Waals surface area (Å²) in [4.78, 5) is 42.1. The zero-order valence-corrected chi connectivity index (χ0v) is 19.4. The number of nitrogens with zero attached hydrogens (tertiary/aromatic N) is 1. The number of para-hydroxylation sites is 1. The Morgan fingerprint density at radius 3 is 2.68 bits per heavy atom. The summed E-state index contributed by atoms with van der Waals surface area (Å²) in [6.07, 6.45) is 1.45. The number of hydrogen-bond donors (Lipinski definition) is 1. The number of thiazole rings is 1. The molecule has 0 saturated carbocycles. The van der Waals surface area contributed by atoms with Gasteiger partial charge in [-0.25, -0.2) is 14.6 Å². The van der Waals surface area contributed by atoms with E-state index in [0.717, 1.165) is 25.9 Å². The number of thioether (sulfide) groups is 1. The molecule has 0 atom stereocenters. The van der Waals surface area contributed by atoms with Crippen LogP contribution in [0.25, 0.3) is 10.2 Å². The first-order valence-electron chi connectivity index (χ1n) is 9.31. The van der Waals surface area contributed by atoms with Crippen molar-refractivity contribution in [3.05, 3.63) is 52.9 Å². The van der Waals surface area contributed by atoms with Crippen LogP contribution in [0.15, 0.2) is 41.3 Å². The number of thiophene rings is 1. The molecular weight excluding hydrogens is 456 g/mol. The Morgan fingerprint density at radius 2 is 1.97 bits per heavy atom. The van der Waals surface area contributed by atoms with Crippen LogP contribution in [0.2, 0.25) is 0 Å². The summed E-state index contributed by atoms with van der Waals surface area (Å²) in [6, 6.07) is 7.75. The van der Waals surface area contributed by atoms with Crippen LogP contribution in [0.5, 0.6) is 0 Å². The van der Waals surface area contributed by atoms with Crippen LogP contribution < -0.4 is 5.32 Å². The third kappa shape index (κ3) is 5.52. The van der Waals surface area contributed by atoms with E-state index in [9.17, 15) is 14.4 Å². The number of rotatable bonds is 9. The smallest absolute Gasteiger partial charge is 0.348 e. The molecule has 1 aromatic carbocycles. The molecule has 3 rings (SSSR count). The minimum absolute atomic E-state index is 0.0470. The summed E-state index contributed by atoms with van der Waals surface area (Å²) in [5.74, 6) is -1.40. The fraction of sp³-hybridized carbons (Fsp3) is 0.238. The van der Waals surface area contributed by atoms with Gasteiger partial charge in [0, 0.05) is 0 Å². The molecule has 162 valence electrons. The lowest BCUT2D eigenvalue weighted by atomic mass is 10.1. The molecule has 0 fully saturated rings. The summed E-state index contributed by atoms with van der Waals surface area (Å²) < 4.78 is 12.0. The van der Waals surface area contributed by atoms with Gasteiger partial charge in [-0.3, -0.25) is 4.79 Å². The van der Waals surface area contributed by atoms with E-state index in [4.69, 9.17) is 9.47 Å². The standard InChI is InChI=1S/C21H20N2O5S3/c1-4-10-28-20(26)17-12(3)16(19(25)27-5-2)18(31-17)23-15(24)11-29-21-22-13-8-6-7-9-14(13)30-21/h4,6-9H,1,5,10-11H2,2-3H3,(H,23,24). The third-order valence-electron chi connectivity index (χ3n) is 4.00. The number of anilines is 1. The van der Waals surface area contributed by atoms with Crippen LogP contribution in [0.3, 0.4) is 0 Å². The highest BCUT2D eigenvalue weighted by Crippen LogP contribution is 2.35. The molecule has 2 heterocycles. The van der Waals surface area contributed by atoms with E-state index in [1.165, 1.54) is 29.2 Å². The van der Waals surface area contributed by atoms with Crippen molar-refractivity contribution in [1.29, 1.82) is 0 Å². The molecule has 0 radical (unpaired) electrons. The van der Waals surface area contributed by atoms with Gasteiger partial charge in [0.1, 0.15) is 16.5 Å². The molecule has 3 aromatic rings. The molecular formula is C21H20N2O5S3. The van der Waals surface area contributed by atoms with Gasteiger partial charge in [-0.05, 0) is 31.5 Å². The van der Waals surface area contributed by atoms with E-state index in [2.05, 4.69) is 16.9 Å². The second-order valence-electron chi connectivity index (χ2n) is 6.15. The molecule has 10 heteroatoms. The Hall–Kier alpha value is -2.69. The topological polar surface area (TPSA) is 94.6 Å². The summed E-state index contributed by atoms with van der Waals surface area (Å²) in [6.45, 7) is 7.04. The number of aromatic nitrogens is 1. The predicted molar refractivity (Wildman–Crippen MR) is 124 cm³/mol. The van der Waals surface area contributed by atoms with Crippen molar-refractivity contribution in [2.45, 2.75) is 18.2 Å². The number of fused-ring (bicyclic) bond motifs is 1. The number of carbonyl (C=O) groups is 3. The second kappa shape index (κ2) is 10.6. The number of nitrogens with one attached hydrogen (secondary N) is 1. The number of hydrogen-bond acceptors (Lipinski definition) is 9. The van der Waals surface area contributed by atoms with Crippen LogP contribution >= 0.6 is 34.4 Å². The zero-order chi connectivity index (χ0) is 22.4. The highest BCUT2D eigenvalue weighted by atomic mass is 32.2. The first-order chi connectivity index (χ1) is 14.9. The normalized spacial score (nSPS) is 10.6. The highest BCUT2D eigenvalue weighted by Gasteiger charge is 2.27. The van der Waals surface area contributed by atoms with Crippen LogP contribution in [-0.2, 0) is 14.3 Å². The number of benzene rings is 1. The van der Waals surface area contributed by atoms with Gasteiger partial charge in [0.05, 0.1) is 28.1 Å². The Morgan fingerprint density at radius 1 is 1.19 bits per heavy atom. The quantitative estimate of drug-likeness (QED) is 0.266. The van der Waals surface area contributed by atoms with Crippen molar-refractivity contribution in [3.8, 4) is 0 Å². The Kier molecular flexibility index (Phi) is 7.83. The highest BCUT2D eigenvalue weighted by molar-refractivity contribution is 8.01. The number of esters is 2. The molecule has 0 aliphatic rings. The third-order valence-corrected chi connectivity index (χ3v) is 7.36. The van der Waals surface area contributed by atoms with E-state index in [0.29, 0.717) is 5.56 Å². The summed E-state index contributed by atoms with van der Waals surface area (Å²) in [5.41, 5.74) is 1.46. The number of amides is 1. The largest absolute Gasteiger partial charge is 0.462 e. The molecule has 1 amide bonds. The van der Waals surface area contributed by atoms with Crippen LogP contribution in [0.4, 0.5) is 5.00 Å². The molecule has 0 saturated heterocycles. The molecule has 31 heavy (non-hydrogen) atoms. The summed E-state index contributed by atoms with van der Waals surface area (Å²) in [7, 11) is 0. The first kappa shape index (κ1) is 23.0. The molecule has 0 aliphatic heterocycles. The molecule has 2 aromatic heterocycles. The van der Waals surface area contributed by atoms with Gasteiger partial charge in [-0.2, -0.15) is 0 Å². The monoisotopic (exact) mass is 476 g/mol. The van der Waals surface area contributed by atoms with Gasteiger partial charge >= 0.3 is 11.9 Å². The summed E-state index contributed by atoms with van der Waals surface area (Å²) >= 11 is 3.81. The maximum Gasteiger partial charge on any atom is 0.348 e. The van der Waals surface area contributed by atoms with Gasteiger partial charge in [0.25, 0.3) is 0 Å². The van der Waals surface area contributed by atoms with E-state index in [1.54, 1.807) is 13.8 Å². The van der Waals surface area contributed by atoms with Crippen molar-refractivity contribution < 1.29 is 23.9 Å². The van der Waals surface area contributed by atoms with Crippen LogP contribution in [-0.4, -0.2) is 41.8 Å². The van der Waals surface area contributed by atoms with Crippen molar-refractivity contribution in [3.63, 3.8) is 0 Å². The van der Waals surface area contributed by atoms with Gasteiger partial charge < -0.3 is 14.8 Å². The number of carbonyl (C=O) groups excluding carboxylic acids is 3. The van der Waals surface area contributed by atoms with Crippen molar-refractivity contribution >= 4 is 67.5 Å². The van der Waals surface area contributed by atoms with Crippen molar-refractivity contribution in [1.82, 2.24) is 4.98 Å². The van der Waals surface area contributed by atoms with Crippen LogP contribution in [0, 0.1) is 6.92 Å². The van der Waals surface area contributed by atoms with Gasteiger partial charge in [0.15, 0.2) is 4.34 Å². The lowest BCUT2D eigenvalue weighted by molar-refractivity contribution is -0.113. The lowest BCUT2D eigenvalue weighted by Crippen LogP contribution is -2.16. The van der Waals surface area contributed by atoms with Crippen molar-refractivity contribution in [2.75, 3.05) is 24.3 Å². The average Bonchev–Trinajstić information content (AvgIpc) is 3.31. The Bertz CT molecular complexity index is 1100. The zero-order valence-electron chi connectivity index (χ0n) is 16.9. The SMILES string of the molecule is C=CCOC(=O)c1sc(NC(=O)CSc2nc3ccccc3s2)c(C(=O)OCC)c1C. The van der Waals surface area contributed by atoms with E-state index in [1.807, 2.05) is 24.3 Å². The van der Waals surface area contributed by atoms with Gasteiger partial charge in [0.2, 0.25) is 5.91 Å². The molecule has 0 bridgehead atoms. The molecule has 1 N–H and O–H groups in total. The molecule has 7 nitrogen and oxygen atoms in total. The van der Waals surface area contributed by atoms with E-state index >= 15 is 0 Å². The lowest BCUT2D eigenvalue weighted by Gasteiger charge is -2.06. The fourth-order valence-corrected chi connectivity index (χ4v) is 5.62. The molecule has 0 spiro atoms. The van der Waals surface area contributed by atoms with Crippen LogP contribution in [0.1, 0.15) is 32.5 Å². The second-order valence-corrected chi connectivity index (χ2v) is 9.43. The first-order valence-corrected chi connectivity index (χ1v) is 11.9. The van der Waals surface area contributed by atoms with E-state index < -0.39 is 11.9 Å². The van der Waals surface area contributed by atoms with Gasteiger partial charge in [-0.15, -0.1) is 22.7 Å². The maximum absolute atomic E-state index is 12.6. The minimum Gasteiger partial charge on any atom is -0.462 e. The Balaban J connectivity index is 1.76. The number of ether oxygens (including phenoxy) is 2. The van der Waals surface area contributed by atoms with Gasteiger partial charge in [-0.1, -0.05) is 36.5 Å². The predicted octanol–water partition coefficient (Wildman–Crippen LogP) is 4.92. The fourth-order valence-electron chi connectivity index (χ4n) is 2.65.